The van der Waals surface area contributed by atoms with Crippen LogP contribution in [0.15, 0.2) is 57.4 Å². The summed E-state index contributed by atoms with van der Waals surface area (Å²) in [4.78, 5) is 23.7. The summed E-state index contributed by atoms with van der Waals surface area (Å²) >= 11 is 4.75. The maximum Gasteiger partial charge on any atom is 0.335 e. The molecule has 7 heteroatoms. The number of aromatic carboxylic acids is 1. The number of carboxylic acids is 1. The average molecular weight is 362 g/mol. The van der Waals surface area contributed by atoms with Crippen molar-refractivity contribution in [1.82, 2.24) is 15.0 Å². The molecule has 0 unspecified atom stereocenters. The number of benzene rings is 1. The minimum Gasteiger partial charge on any atom is -0.478 e. The minimum atomic E-state index is -0.973. The van der Waals surface area contributed by atoms with E-state index in [2.05, 4.69) is 30.9 Å². The summed E-state index contributed by atoms with van der Waals surface area (Å²) in [5.41, 5.74) is 0.809. The quantitative estimate of drug-likeness (QED) is 0.717. The number of fused-ring (bicyclic) bond motifs is 1. The van der Waals surface area contributed by atoms with Crippen LogP contribution in [0.2, 0.25) is 0 Å². The van der Waals surface area contributed by atoms with Crippen LogP contribution in [-0.4, -0.2) is 26.0 Å². The van der Waals surface area contributed by atoms with Gasteiger partial charge in [0, 0.05) is 16.1 Å². The molecule has 0 atom stereocenters. The van der Waals surface area contributed by atoms with E-state index in [0.29, 0.717) is 5.52 Å². The summed E-state index contributed by atoms with van der Waals surface area (Å²) in [6.45, 7) is 0. The van der Waals surface area contributed by atoms with Crippen LogP contribution in [0.3, 0.4) is 0 Å². The van der Waals surface area contributed by atoms with Gasteiger partial charge in [-0.1, -0.05) is 0 Å². The average Bonchev–Trinajstić information content (AvgIpc) is 2.49. The Labute approximate surface area is 132 Å². The Morgan fingerprint density at radius 3 is 2.71 bits per heavy atom. The lowest BCUT2D eigenvalue weighted by Crippen LogP contribution is -1.97. The number of nitrogens with zero attached hydrogens (tertiary/aromatic N) is 3. The highest BCUT2D eigenvalue weighted by molar-refractivity contribution is 9.10. The molecular weight excluding hydrogens is 354 g/mol. The van der Waals surface area contributed by atoms with Gasteiger partial charge in [0.15, 0.2) is 0 Å². The number of hydrogen-bond donors (Lipinski definition) is 1. The van der Waals surface area contributed by atoms with E-state index in [9.17, 15) is 4.79 Å². The van der Waals surface area contributed by atoms with Crippen LogP contribution < -0.4 is 0 Å². The van der Waals surface area contributed by atoms with E-state index in [1.807, 2.05) is 12.1 Å². The van der Waals surface area contributed by atoms with E-state index < -0.39 is 5.97 Å². The third-order valence-electron chi connectivity index (χ3n) is 2.75. The summed E-state index contributed by atoms with van der Waals surface area (Å²) in [5.74, 6) is -0.973. The third-order valence-corrected chi connectivity index (χ3v) is 4.19. The summed E-state index contributed by atoms with van der Waals surface area (Å²) in [6.07, 6.45) is 3.14. The molecule has 1 aromatic carbocycles. The molecule has 2 heterocycles. The first-order valence-corrected chi connectivity index (χ1v) is 7.52. The Morgan fingerprint density at radius 1 is 1.14 bits per heavy atom. The van der Waals surface area contributed by atoms with Crippen LogP contribution in [0.5, 0.6) is 0 Å². The number of halogens is 1. The summed E-state index contributed by atoms with van der Waals surface area (Å²) in [6, 6.07) is 8.60. The van der Waals surface area contributed by atoms with Gasteiger partial charge in [0.1, 0.15) is 16.4 Å². The van der Waals surface area contributed by atoms with Crippen molar-refractivity contribution >= 4 is 44.6 Å². The van der Waals surface area contributed by atoms with Crippen LogP contribution in [0.4, 0.5) is 0 Å². The standard InChI is InChI=1S/C14H8BrN3O2S/c15-9-2-4-12(16-6-9)21-13-10-3-1-8(14(19)20)5-11(10)17-7-18-13/h1-7H,(H,19,20). The monoisotopic (exact) mass is 361 g/mol. The zero-order chi connectivity index (χ0) is 14.8. The van der Waals surface area contributed by atoms with Crippen molar-refractivity contribution < 1.29 is 9.90 Å². The van der Waals surface area contributed by atoms with Crippen molar-refractivity contribution in [2.45, 2.75) is 10.1 Å². The molecule has 21 heavy (non-hydrogen) atoms. The number of pyridine rings is 1. The Bertz CT molecular complexity index is 824. The number of carboxylic acid groups (broad SMARTS) is 1. The van der Waals surface area contributed by atoms with E-state index in [0.717, 1.165) is 19.9 Å². The van der Waals surface area contributed by atoms with E-state index in [1.165, 1.54) is 18.1 Å². The summed E-state index contributed by atoms with van der Waals surface area (Å²) in [5, 5.41) is 11.4. The van der Waals surface area contributed by atoms with Gasteiger partial charge in [0.25, 0.3) is 0 Å². The van der Waals surface area contributed by atoms with Gasteiger partial charge in [0.2, 0.25) is 0 Å². The molecule has 104 valence electrons. The predicted octanol–water partition coefficient (Wildman–Crippen LogP) is 3.64. The Hall–Kier alpha value is -1.99. The van der Waals surface area contributed by atoms with Crippen molar-refractivity contribution in [2.24, 2.45) is 0 Å². The molecule has 1 N–H and O–H groups in total. The summed E-state index contributed by atoms with van der Waals surface area (Å²) in [7, 11) is 0. The van der Waals surface area contributed by atoms with Crippen LogP contribution in [0, 0.1) is 0 Å². The molecule has 3 aromatic rings. The highest BCUT2D eigenvalue weighted by atomic mass is 79.9. The normalized spacial score (nSPS) is 10.7. The van der Waals surface area contributed by atoms with E-state index >= 15 is 0 Å². The first-order valence-electron chi connectivity index (χ1n) is 5.91. The molecule has 0 radical (unpaired) electrons. The zero-order valence-corrected chi connectivity index (χ0v) is 12.9. The molecular formula is C14H8BrN3O2S. The fraction of sp³-hybridized carbons (Fsp3) is 0. The van der Waals surface area contributed by atoms with Crippen molar-refractivity contribution in [3.05, 3.63) is 52.9 Å². The van der Waals surface area contributed by atoms with Crippen LogP contribution in [-0.2, 0) is 0 Å². The van der Waals surface area contributed by atoms with E-state index in [4.69, 9.17) is 5.11 Å². The number of aromatic nitrogens is 3. The lowest BCUT2D eigenvalue weighted by molar-refractivity contribution is 0.0697. The minimum absolute atomic E-state index is 0.207. The maximum absolute atomic E-state index is 11.0. The number of rotatable bonds is 3. The molecule has 5 nitrogen and oxygen atoms in total. The van der Waals surface area contributed by atoms with Gasteiger partial charge in [-0.25, -0.2) is 19.7 Å². The third kappa shape index (κ3) is 3.03. The van der Waals surface area contributed by atoms with E-state index in [-0.39, 0.29) is 5.56 Å². The Kier molecular flexibility index (Phi) is 3.85. The van der Waals surface area contributed by atoms with Crippen LogP contribution >= 0.6 is 27.7 Å². The van der Waals surface area contributed by atoms with Gasteiger partial charge in [-0.3, -0.25) is 0 Å². The van der Waals surface area contributed by atoms with Crippen LogP contribution in [0.25, 0.3) is 10.9 Å². The molecule has 3 rings (SSSR count). The van der Waals surface area contributed by atoms with Crippen molar-refractivity contribution in [3.8, 4) is 0 Å². The molecule has 2 aromatic heterocycles. The van der Waals surface area contributed by atoms with Gasteiger partial charge in [-0.15, -0.1) is 0 Å². The smallest absolute Gasteiger partial charge is 0.335 e. The first-order chi connectivity index (χ1) is 10.1. The Morgan fingerprint density at radius 2 is 2.00 bits per heavy atom. The highest BCUT2D eigenvalue weighted by Crippen LogP contribution is 2.30. The first kappa shape index (κ1) is 14.0. The second-order valence-corrected chi connectivity index (χ2v) is 6.06. The lowest BCUT2D eigenvalue weighted by atomic mass is 10.1. The van der Waals surface area contributed by atoms with Gasteiger partial charge in [-0.05, 0) is 58.0 Å². The molecule has 0 aliphatic carbocycles. The predicted molar refractivity (Wildman–Crippen MR) is 82.6 cm³/mol. The summed E-state index contributed by atoms with van der Waals surface area (Å²) < 4.78 is 0.908. The topological polar surface area (TPSA) is 76.0 Å². The van der Waals surface area contributed by atoms with Crippen molar-refractivity contribution in [1.29, 1.82) is 0 Å². The van der Waals surface area contributed by atoms with Gasteiger partial charge in [0.05, 0.1) is 11.1 Å². The van der Waals surface area contributed by atoms with Gasteiger partial charge >= 0.3 is 5.97 Å². The lowest BCUT2D eigenvalue weighted by Gasteiger charge is -2.05. The molecule has 0 bridgehead atoms. The number of carbonyl (C=O) groups is 1. The van der Waals surface area contributed by atoms with Crippen molar-refractivity contribution in [2.75, 3.05) is 0 Å². The zero-order valence-electron chi connectivity index (χ0n) is 10.5. The molecule has 0 aliphatic rings. The molecule has 0 saturated carbocycles. The fourth-order valence-corrected chi connectivity index (χ4v) is 2.82. The fourth-order valence-electron chi connectivity index (χ4n) is 1.77. The molecule has 0 saturated heterocycles. The van der Waals surface area contributed by atoms with Gasteiger partial charge in [-0.2, -0.15) is 0 Å². The van der Waals surface area contributed by atoms with Crippen molar-refractivity contribution in [3.63, 3.8) is 0 Å². The van der Waals surface area contributed by atoms with Gasteiger partial charge < -0.3 is 5.11 Å². The Balaban J connectivity index is 2.02. The second kappa shape index (κ2) is 5.79. The van der Waals surface area contributed by atoms with E-state index in [1.54, 1.807) is 24.4 Å². The SMILES string of the molecule is O=C(O)c1ccc2c(Sc3ccc(Br)cn3)ncnc2c1. The number of hydrogen-bond acceptors (Lipinski definition) is 5. The molecule has 0 aliphatic heterocycles. The molecule has 0 spiro atoms. The van der Waals surface area contributed by atoms with Crippen LogP contribution in [0.1, 0.15) is 10.4 Å². The second-order valence-electron chi connectivity index (χ2n) is 4.13. The molecule has 0 fully saturated rings. The highest BCUT2D eigenvalue weighted by Gasteiger charge is 2.09. The largest absolute Gasteiger partial charge is 0.478 e. The maximum atomic E-state index is 11.0. The molecule has 0 amide bonds.